The van der Waals surface area contributed by atoms with Crippen molar-refractivity contribution in [3.8, 4) is 5.88 Å². The molecule has 6 nitrogen and oxygen atoms in total. The molecular weight excluding hydrogens is 378 g/mol. The molecule has 1 aliphatic heterocycles. The normalized spacial score (nSPS) is 14.3. The first-order chi connectivity index (χ1) is 14.7. The monoisotopic (exact) mass is 405 g/mol. The SMILES string of the molecule is O=C(O)Cc1cccc(CCNCC2CNc3cccnc3O2)c1.c1ccccc1. The summed E-state index contributed by atoms with van der Waals surface area (Å²) in [5, 5.41) is 15.5. The number of hydrogen-bond acceptors (Lipinski definition) is 5. The first-order valence-electron chi connectivity index (χ1n) is 10.1. The zero-order valence-electron chi connectivity index (χ0n) is 16.8. The molecule has 2 aromatic carbocycles. The second-order valence-electron chi connectivity index (χ2n) is 6.98. The van der Waals surface area contributed by atoms with Gasteiger partial charge in [0.25, 0.3) is 0 Å². The number of nitrogens with one attached hydrogen (secondary N) is 2. The number of rotatable bonds is 7. The van der Waals surface area contributed by atoms with E-state index < -0.39 is 5.97 Å². The van der Waals surface area contributed by atoms with Crippen LogP contribution in [0, 0.1) is 0 Å². The largest absolute Gasteiger partial charge is 0.481 e. The van der Waals surface area contributed by atoms with E-state index >= 15 is 0 Å². The minimum Gasteiger partial charge on any atom is -0.481 e. The Hall–Kier alpha value is -3.38. The Labute approximate surface area is 176 Å². The van der Waals surface area contributed by atoms with Gasteiger partial charge in [-0.3, -0.25) is 4.79 Å². The second-order valence-corrected chi connectivity index (χ2v) is 6.98. The fourth-order valence-corrected chi connectivity index (χ4v) is 3.11. The fraction of sp³-hybridized carbons (Fsp3) is 0.250. The van der Waals surface area contributed by atoms with Crippen molar-refractivity contribution in [1.82, 2.24) is 10.3 Å². The molecule has 0 amide bonds. The van der Waals surface area contributed by atoms with Crippen LogP contribution < -0.4 is 15.4 Å². The van der Waals surface area contributed by atoms with Gasteiger partial charge in [-0.1, -0.05) is 60.7 Å². The Balaban J connectivity index is 0.000000367. The second kappa shape index (κ2) is 11.6. The molecule has 0 fully saturated rings. The Morgan fingerprint density at radius 2 is 1.80 bits per heavy atom. The number of benzene rings is 2. The van der Waals surface area contributed by atoms with E-state index in [0.717, 1.165) is 42.9 Å². The van der Waals surface area contributed by atoms with E-state index in [1.165, 1.54) is 0 Å². The number of carboxylic acid groups (broad SMARTS) is 1. The smallest absolute Gasteiger partial charge is 0.307 e. The van der Waals surface area contributed by atoms with Crippen LogP contribution in [0.5, 0.6) is 5.88 Å². The molecule has 0 saturated carbocycles. The molecule has 1 atom stereocenters. The quantitative estimate of drug-likeness (QED) is 0.523. The number of carboxylic acids is 1. The van der Waals surface area contributed by atoms with Crippen LogP contribution in [-0.4, -0.2) is 41.8 Å². The van der Waals surface area contributed by atoms with E-state index in [2.05, 4.69) is 15.6 Å². The molecule has 1 aliphatic rings. The van der Waals surface area contributed by atoms with E-state index in [9.17, 15) is 4.79 Å². The molecule has 30 heavy (non-hydrogen) atoms. The minimum atomic E-state index is -0.805. The van der Waals surface area contributed by atoms with Crippen molar-refractivity contribution in [2.45, 2.75) is 18.9 Å². The number of hydrogen-bond donors (Lipinski definition) is 3. The van der Waals surface area contributed by atoms with Crippen LogP contribution in [0.3, 0.4) is 0 Å². The Morgan fingerprint density at radius 3 is 2.53 bits per heavy atom. The van der Waals surface area contributed by atoms with Crippen molar-refractivity contribution in [2.75, 3.05) is 25.0 Å². The summed E-state index contributed by atoms with van der Waals surface area (Å²) in [7, 11) is 0. The maximum Gasteiger partial charge on any atom is 0.307 e. The maximum absolute atomic E-state index is 10.8. The molecule has 0 aliphatic carbocycles. The van der Waals surface area contributed by atoms with Gasteiger partial charge in [0.05, 0.1) is 18.7 Å². The van der Waals surface area contributed by atoms with Gasteiger partial charge in [-0.2, -0.15) is 0 Å². The van der Waals surface area contributed by atoms with Gasteiger partial charge in [0.15, 0.2) is 0 Å². The molecule has 2 heterocycles. The standard InChI is InChI=1S/C18H21N3O3.C6H6/c22-17(23)10-14-4-1-3-13(9-14)6-8-19-11-15-12-21-16-5-2-7-20-18(16)24-15;1-2-4-6-5-3-1/h1-5,7,9,15,19,21H,6,8,10-12H2,(H,22,23);1-6H. The lowest BCUT2D eigenvalue weighted by atomic mass is 10.1. The summed E-state index contributed by atoms with van der Waals surface area (Å²) in [5.41, 5.74) is 2.91. The van der Waals surface area contributed by atoms with Crippen molar-refractivity contribution in [1.29, 1.82) is 0 Å². The van der Waals surface area contributed by atoms with Crippen LogP contribution in [0.4, 0.5) is 5.69 Å². The average Bonchev–Trinajstić information content (AvgIpc) is 2.78. The summed E-state index contributed by atoms with van der Waals surface area (Å²) < 4.78 is 5.85. The highest BCUT2D eigenvalue weighted by Gasteiger charge is 2.19. The van der Waals surface area contributed by atoms with Crippen LogP contribution in [0.25, 0.3) is 0 Å². The van der Waals surface area contributed by atoms with E-state index in [-0.39, 0.29) is 12.5 Å². The number of fused-ring (bicyclic) bond motifs is 1. The Morgan fingerprint density at radius 1 is 1.07 bits per heavy atom. The van der Waals surface area contributed by atoms with Crippen molar-refractivity contribution in [3.63, 3.8) is 0 Å². The molecule has 0 bridgehead atoms. The van der Waals surface area contributed by atoms with Crippen LogP contribution in [0.1, 0.15) is 11.1 Å². The average molecular weight is 405 g/mol. The highest BCUT2D eigenvalue weighted by atomic mass is 16.5. The topological polar surface area (TPSA) is 83.5 Å². The molecule has 3 N–H and O–H groups in total. The molecule has 6 heteroatoms. The number of nitrogens with zero attached hydrogens (tertiary/aromatic N) is 1. The van der Waals surface area contributed by atoms with E-state index in [4.69, 9.17) is 9.84 Å². The number of pyridine rings is 1. The van der Waals surface area contributed by atoms with Gasteiger partial charge >= 0.3 is 5.97 Å². The summed E-state index contributed by atoms with van der Waals surface area (Å²) in [4.78, 5) is 15.0. The lowest BCUT2D eigenvalue weighted by Gasteiger charge is -2.26. The van der Waals surface area contributed by atoms with Gasteiger partial charge in [-0.25, -0.2) is 4.98 Å². The Bertz CT molecular complexity index is 892. The third kappa shape index (κ3) is 7.22. The fourth-order valence-electron chi connectivity index (χ4n) is 3.11. The van der Waals surface area contributed by atoms with Crippen molar-refractivity contribution in [2.24, 2.45) is 0 Å². The van der Waals surface area contributed by atoms with Gasteiger partial charge in [-0.15, -0.1) is 0 Å². The molecule has 1 aromatic heterocycles. The number of carbonyl (C=O) groups is 1. The Kier molecular flexibility index (Phi) is 8.23. The third-order valence-electron chi connectivity index (χ3n) is 4.55. The van der Waals surface area contributed by atoms with Gasteiger partial charge in [0.2, 0.25) is 5.88 Å². The molecule has 156 valence electrons. The zero-order chi connectivity index (χ0) is 21.0. The number of aliphatic carboxylic acids is 1. The molecule has 1 unspecified atom stereocenters. The first kappa shape index (κ1) is 21.3. The zero-order valence-corrected chi connectivity index (χ0v) is 16.8. The van der Waals surface area contributed by atoms with Crippen LogP contribution in [0.2, 0.25) is 0 Å². The highest BCUT2D eigenvalue weighted by molar-refractivity contribution is 5.70. The van der Waals surface area contributed by atoms with E-state index in [1.54, 1.807) is 6.20 Å². The molecule has 0 saturated heterocycles. The molecule has 0 spiro atoms. The van der Waals surface area contributed by atoms with Crippen LogP contribution in [-0.2, 0) is 17.6 Å². The minimum absolute atomic E-state index is 0.0470. The van der Waals surface area contributed by atoms with E-state index in [1.807, 2.05) is 72.8 Å². The molecule has 3 aromatic rings. The lowest BCUT2D eigenvalue weighted by molar-refractivity contribution is -0.136. The van der Waals surface area contributed by atoms with Crippen LogP contribution >= 0.6 is 0 Å². The van der Waals surface area contributed by atoms with Gasteiger partial charge < -0.3 is 20.5 Å². The lowest BCUT2D eigenvalue weighted by Crippen LogP contribution is -2.40. The predicted molar refractivity (Wildman–Crippen MR) is 118 cm³/mol. The summed E-state index contributed by atoms with van der Waals surface area (Å²) in [6.45, 7) is 2.29. The predicted octanol–water partition coefficient (Wildman–Crippen LogP) is 3.40. The summed E-state index contributed by atoms with van der Waals surface area (Å²) in [6.07, 6.45) is 2.68. The molecule has 4 rings (SSSR count). The summed E-state index contributed by atoms with van der Waals surface area (Å²) in [6, 6.07) is 23.6. The maximum atomic E-state index is 10.8. The summed E-state index contributed by atoms with van der Waals surface area (Å²) >= 11 is 0. The summed E-state index contributed by atoms with van der Waals surface area (Å²) in [5.74, 6) is -0.155. The number of anilines is 1. The molecule has 0 radical (unpaired) electrons. The van der Waals surface area contributed by atoms with Crippen molar-refractivity contribution in [3.05, 3.63) is 90.1 Å². The van der Waals surface area contributed by atoms with Gasteiger partial charge in [0.1, 0.15) is 6.10 Å². The van der Waals surface area contributed by atoms with Gasteiger partial charge in [-0.05, 0) is 36.2 Å². The van der Waals surface area contributed by atoms with Crippen LogP contribution in [0.15, 0.2) is 79.0 Å². The number of aromatic nitrogens is 1. The van der Waals surface area contributed by atoms with E-state index in [0.29, 0.717) is 5.88 Å². The van der Waals surface area contributed by atoms with Crippen molar-refractivity contribution < 1.29 is 14.6 Å². The number of ether oxygens (including phenoxy) is 1. The van der Waals surface area contributed by atoms with Gasteiger partial charge in [0, 0.05) is 12.7 Å². The first-order valence-corrected chi connectivity index (χ1v) is 10.1. The molecular formula is C24H27N3O3. The third-order valence-corrected chi connectivity index (χ3v) is 4.55. The van der Waals surface area contributed by atoms with Crippen molar-refractivity contribution >= 4 is 11.7 Å². The highest BCUT2D eigenvalue weighted by Crippen LogP contribution is 2.25.